The second-order valence-corrected chi connectivity index (χ2v) is 7.08. The van der Waals surface area contributed by atoms with Crippen molar-refractivity contribution in [2.75, 3.05) is 25.0 Å². The van der Waals surface area contributed by atoms with Gasteiger partial charge in [-0.3, -0.25) is 4.79 Å². The molecule has 0 radical (unpaired) electrons. The number of carbonyl (C=O) groups excluding carboxylic acids is 1. The number of likely N-dealkylation sites (tertiary alicyclic amines) is 1. The number of nitrogens with zero attached hydrogens (tertiary/aromatic N) is 1. The first-order valence-electron chi connectivity index (χ1n) is 8.12. The van der Waals surface area contributed by atoms with Crippen LogP contribution in [0, 0.1) is 11.3 Å². The molecule has 0 spiro atoms. The molecule has 1 aliphatic heterocycles. The zero-order valence-corrected chi connectivity index (χ0v) is 14.8. The van der Waals surface area contributed by atoms with Gasteiger partial charge in [0.15, 0.2) is 0 Å². The highest BCUT2D eigenvalue weighted by Crippen LogP contribution is 2.34. The smallest absolute Gasteiger partial charge is 0.217 e. The van der Waals surface area contributed by atoms with Crippen LogP contribution in [0.25, 0.3) is 0 Å². The highest BCUT2D eigenvalue weighted by Gasteiger charge is 2.31. The fourth-order valence-electron chi connectivity index (χ4n) is 3.63. The van der Waals surface area contributed by atoms with Crippen molar-refractivity contribution < 1.29 is 4.79 Å². The lowest BCUT2D eigenvalue weighted by molar-refractivity contribution is -0.119. The highest BCUT2D eigenvalue weighted by molar-refractivity contribution is 9.09. The molecule has 3 nitrogen and oxygen atoms in total. The molecule has 118 valence electrons. The zero-order valence-electron chi connectivity index (χ0n) is 13.2. The van der Waals surface area contributed by atoms with Gasteiger partial charge in [0.2, 0.25) is 5.91 Å². The van der Waals surface area contributed by atoms with E-state index in [0.29, 0.717) is 17.8 Å². The van der Waals surface area contributed by atoms with Crippen LogP contribution in [0.3, 0.4) is 0 Å². The van der Waals surface area contributed by atoms with Crippen molar-refractivity contribution >= 4 is 21.8 Å². The second-order valence-electron chi connectivity index (χ2n) is 6.52. The molecule has 2 N–H and O–H groups in total. The summed E-state index contributed by atoms with van der Waals surface area (Å²) in [6.45, 7) is 8.02. The Kier molecular flexibility index (Phi) is 8.11. The van der Waals surface area contributed by atoms with E-state index < -0.39 is 0 Å². The van der Waals surface area contributed by atoms with Gasteiger partial charge >= 0.3 is 0 Å². The minimum Gasteiger partial charge on any atom is -0.370 e. The number of amides is 1. The van der Waals surface area contributed by atoms with Gasteiger partial charge in [0.05, 0.1) is 0 Å². The summed E-state index contributed by atoms with van der Waals surface area (Å²) in [7, 11) is 0. The lowest BCUT2D eigenvalue weighted by Gasteiger charge is -2.40. The third kappa shape index (κ3) is 5.72. The second kappa shape index (κ2) is 9.04. The summed E-state index contributed by atoms with van der Waals surface area (Å²) in [6, 6.07) is 0. The lowest BCUT2D eigenvalue weighted by atomic mass is 9.80. The number of carbonyl (C=O) groups is 1. The maximum atomic E-state index is 11.0. The number of piperidine rings is 1. The van der Waals surface area contributed by atoms with Crippen molar-refractivity contribution in [1.82, 2.24) is 4.90 Å². The molecule has 20 heavy (non-hydrogen) atoms. The summed E-state index contributed by atoms with van der Waals surface area (Å²) in [5, 5.41) is 1.10. The molecule has 0 saturated carbocycles. The summed E-state index contributed by atoms with van der Waals surface area (Å²) in [4.78, 5) is 13.6. The van der Waals surface area contributed by atoms with Gasteiger partial charge in [-0.1, -0.05) is 42.6 Å². The van der Waals surface area contributed by atoms with Crippen LogP contribution in [-0.2, 0) is 4.79 Å². The minimum absolute atomic E-state index is 0.143. The minimum atomic E-state index is -0.143. The van der Waals surface area contributed by atoms with E-state index in [0.717, 1.165) is 31.3 Å². The number of hydrogen-bond donors (Lipinski definition) is 1. The van der Waals surface area contributed by atoms with Crippen LogP contribution in [0.1, 0.15) is 58.8 Å². The largest absolute Gasteiger partial charge is 0.370 e. The van der Waals surface area contributed by atoms with Crippen LogP contribution in [0.15, 0.2) is 0 Å². The number of nitrogens with two attached hydrogens (primary N) is 1. The van der Waals surface area contributed by atoms with Crippen LogP contribution in [0.5, 0.6) is 0 Å². The number of halogens is 1. The third-order valence-corrected chi connectivity index (χ3v) is 5.79. The van der Waals surface area contributed by atoms with Gasteiger partial charge in [0, 0.05) is 18.3 Å². The molecule has 0 bridgehead atoms. The third-order valence-electron chi connectivity index (χ3n) is 4.60. The topological polar surface area (TPSA) is 46.3 Å². The maximum absolute atomic E-state index is 11.0. The molecule has 1 heterocycles. The normalized spacial score (nSPS) is 18.4. The Morgan fingerprint density at radius 3 is 2.20 bits per heavy atom. The molecule has 1 aliphatic rings. The first kappa shape index (κ1) is 18.0. The Hall–Kier alpha value is -0.0900. The van der Waals surface area contributed by atoms with Crippen molar-refractivity contribution in [2.24, 2.45) is 17.1 Å². The van der Waals surface area contributed by atoms with Gasteiger partial charge in [0.1, 0.15) is 0 Å². The van der Waals surface area contributed by atoms with E-state index in [2.05, 4.69) is 34.7 Å². The predicted octanol–water partition coefficient (Wildman–Crippen LogP) is 3.56. The summed E-state index contributed by atoms with van der Waals surface area (Å²) in [5.74, 6) is 0.370. The Bertz CT molecular complexity index is 282. The van der Waals surface area contributed by atoms with Gasteiger partial charge in [-0.25, -0.2) is 0 Å². The highest BCUT2D eigenvalue weighted by atomic mass is 79.9. The summed E-state index contributed by atoms with van der Waals surface area (Å²) in [5.41, 5.74) is 5.73. The molecule has 0 aromatic carbocycles. The number of primary amides is 1. The SMILES string of the molecule is CCCC(CBr)(CCC)CN1CCC(CC(N)=O)CC1. The zero-order chi connectivity index (χ0) is 15.0. The van der Waals surface area contributed by atoms with Crippen LogP contribution < -0.4 is 5.73 Å². The molecule has 0 unspecified atom stereocenters. The van der Waals surface area contributed by atoms with E-state index in [1.807, 2.05) is 0 Å². The van der Waals surface area contributed by atoms with Gasteiger partial charge in [-0.15, -0.1) is 0 Å². The van der Waals surface area contributed by atoms with Crippen LogP contribution in [0.4, 0.5) is 0 Å². The lowest BCUT2D eigenvalue weighted by Crippen LogP contribution is -2.43. The molecule has 1 saturated heterocycles. The monoisotopic (exact) mass is 346 g/mol. The van der Waals surface area contributed by atoms with Crippen molar-refractivity contribution in [2.45, 2.75) is 58.8 Å². The molecule has 0 aromatic heterocycles. The van der Waals surface area contributed by atoms with Crippen molar-refractivity contribution in [1.29, 1.82) is 0 Å². The summed E-state index contributed by atoms with van der Waals surface area (Å²) < 4.78 is 0. The standard InChI is InChI=1S/C16H31BrN2O/c1-3-7-16(12-17,8-4-2)13-19-9-5-14(6-10-19)11-15(18)20/h14H,3-13H2,1-2H3,(H2,18,20). The van der Waals surface area contributed by atoms with Crippen LogP contribution >= 0.6 is 15.9 Å². The fraction of sp³-hybridized carbons (Fsp3) is 0.938. The average molecular weight is 347 g/mol. The predicted molar refractivity (Wildman–Crippen MR) is 89.0 cm³/mol. The van der Waals surface area contributed by atoms with Gasteiger partial charge < -0.3 is 10.6 Å². The molecule has 1 fully saturated rings. The molecule has 0 atom stereocenters. The van der Waals surface area contributed by atoms with Crippen LogP contribution in [0.2, 0.25) is 0 Å². The number of hydrogen-bond acceptors (Lipinski definition) is 2. The number of alkyl halides is 1. The Labute approximate surface area is 132 Å². The summed E-state index contributed by atoms with van der Waals surface area (Å²) in [6.07, 6.45) is 7.93. The molecule has 4 heteroatoms. The van der Waals surface area contributed by atoms with Crippen molar-refractivity contribution in [3.63, 3.8) is 0 Å². The van der Waals surface area contributed by atoms with Gasteiger partial charge in [-0.2, -0.15) is 0 Å². The average Bonchev–Trinajstić information content (AvgIpc) is 2.41. The quantitative estimate of drug-likeness (QED) is 0.649. The summed E-state index contributed by atoms with van der Waals surface area (Å²) >= 11 is 3.76. The van der Waals surface area contributed by atoms with Crippen LogP contribution in [-0.4, -0.2) is 35.8 Å². The first-order chi connectivity index (χ1) is 9.55. The van der Waals surface area contributed by atoms with E-state index in [9.17, 15) is 4.79 Å². The molecule has 0 aliphatic carbocycles. The maximum Gasteiger partial charge on any atom is 0.217 e. The van der Waals surface area contributed by atoms with Crippen molar-refractivity contribution in [3.05, 3.63) is 0 Å². The number of rotatable bonds is 9. The molecule has 0 aromatic rings. The molecule has 1 amide bonds. The van der Waals surface area contributed by atoms with E-state index in [1.54, 1.807) is 0 Å². The molecular weight excluding hydrogens is 316 g/mol. The first-order valence-corrected chi connectivity index (χ1v) is 9.24. The Morgan fingerprint density at radius 2 is 1.80 bits per heavy atom. The fourth-order valence-corrected chi connectivity index (χ4v) is 4.37. The van der Waals surface area contributed by atoms with Crippen molar-refractivity contribution in [3.8, 4) is 0 Å². The van der Waals surface area contributed by atoms with E-state index in [-0.39, 0.29) is 5.91 Å². The van der Waals surface area contributed by atoms with E-state index in [1.165, 1.54) is 32.2 Å². The Balaban J connectivity index is 2.48. The van der Waals surface area contributed by atoms with E-state index >= 15 is 0 Å². The molecule has 1 rings (SSSR count). The van der Waals surface area contributed by atoms with Gasteiger partial charge in [-0.05, 0) is 50.1 Å². The molecular formula is C16H31BrN2O. The Morgan fingerprint density at radius 1 is 1.25 bits per heavy atom. The van der Waals surface area contributed by atoms with E-state index in [4.69, 9.17) is 5.73 Å². The van der Waals surface area contributed by atoms with Gasteiger partial charge in [0.25, 0.3) is 0 Å².